The fraction of sp³-hybridized carbons (Fsp3) is 0.273. The SMILES string of the molecule is O=C(O)Cc1cccc(CNC(=O)C(F)(F)F)c1. The monoisotopic (exact) mass is 261 g/mol. The summed E-state index contributed by atoms with van der Waals surface area (Å²) in [5.74, 6) is -3.06. The second-order valence-electron chi connectivity index (χ2n) is 3.57. The van der Waals surface area contributed by atoms with Crippen LogP contribution in [-0.2, 0) is 22.6 Å². The number of nitrogens with one attached hydrogen (secondary N) is 1. The Morgan fingerprint density at radius 3 is 2.39 bits per heavy atom. The van der Waals surface area contributed by atoms with E-state index in [1.807, 2.05) is 0 Å². The zero-order chi connectivity index (χ0) is 13.8. The van der Waals surface area contributed by atoms with E-state index in [-0.39, 0.29) is 13.0 Å². The van der Waals surface area contributed by atoms with Crippen LogP contribution in [0.25, 0.3) is 0 Å². The van der Waals surface area contributed by atoms with Gasteiger partial charge >= 0.3 is 18.1 Å². The molecule has 1 aromatic carbocycles. The zero-order valence-electron chi connectivity index (χ0n) is 9.12. The highest BCUT2D eigenvalue weighted by atomic mass is 19.4. The van der Waals surface area contributed by atoms with Crippen molar-refractivity contribution in [3.05, 3.63) is 35.4 Å². The number of halogens is 3. The van der Waals surface area contributed by atoms with E-state index in [9.17, 15) is 22.8 Å². The van der Waals surface area contributed by atoms with Gasteiger partial charge in [0, 0.05) is 6.54 Å². The summed E-state index contributed by atoms with van der Waals surface area (Å²) < 4.78 is 35.7. The molecule has 0 saturated carbocycles. The van der Waals surface area contributed by atoms with E-state index in [1.54, 1.807) is 11.4 Å². The maximum atomic E-state index is 11.9. The molecule has 0 aliphatic carbocycles. The molecule has 0 aliphatic rings. The molecule has 0 radical (unpaired) electrons. The average Bonchev–Trinajstić information content (AvgIpc) is 2.24. The van der Waals surface area contributed by atoms with E-state index in [1.165, 1.54) is 18.2 Å². The van der Waals surface area contributed by atoms with Gasteiger partial charge in [0.05, 0.1) is 6.42 Å². The van der Waals surface area contributed by atoms with Gasteiger partial charge in [-0.1, -0.05) is 24.3 Å². The summed E-state index contributed by atoms with van der Waals surface area (Å²) in [5.41, 5.74) is 0.868. The third-order valence-corrected chi connectivity index (χ3v) is 2.06. The molecule has 0 atom stereocenters. The molecule has 4 nitrogen and oxygen atoms in total. The van der Waals surface area contributed by atoms with Crippen LogP contribution in [0.2, 0.25) is 0 Å². The molecular weight excluding hydrogens is 251 g/mol. The quantitative estimate of drug-likeness (QED) is 0.863. The minimum absolute atomic E-state index is 0.221. The van der Waals surface area contributed by atoms with Crippen molar-refractivity contribution in [3.63, 3.8) is 0 Å². The van der Waals surface area contributed by atoms with E-state index in [0.29, 0.717) is 11.1 Å². The number of amides is 1. The van der Waals surface area contributed by atoms with Gasteiger partial charge in [0.15, 0.2) is 0 Å². The first-order chi connectivity index (χ1) is 8.29. The van der Waals surface area contributed by atoms with Crippen LogP contribution in [0.15, 0.2) is 24.3 Å². The van der Waals surface area contributed by atoms with Gasteiger partial charge in [-0.25, -0.2) is 0 Å². The minimum Gasteiger partial charge on any atom is -0.481 e. The Bertz CT molecular complexity index is 457. The summed E-state index contributed by atoms with van der Waals surface area (Å²) in [6.45, 7) is -0.300. The topological polar surface area (TPSA) is 66.4 Å². The number of benzene rings is 1. The van der Waals surface area contributed by atoms with Gasteiger partial charge in [-0.05, 0) is 11.1 Å². The van der Waals surface area contributed by atoms with Gasteiger partial charge < -0.3 is 10.4 Å². The molecule has 1 aromatic rings. The molecule has 0 saturated heterocycles. The first-order valence-electron chi connectivity index (χ1n) is 4.93. The Kier molecular flexibility index (Phi) is 4.30. The Hall–Kier alpha value is -2.05. The van der Waals surface area contributed by atoms with Crippen molar-refractivity contribution >= 4 is 11.9 Å². The third kappa shape index (κ3) is 4.44. The molecule has 98 valence electrons. The van der Waals surface area contributed by atoms with Crippen molar-refractivity contribution in [2.75, 3.05) is 0 Å². The van der Waals surface area contributed by atoms with Gasteiger partial charge in [0.25, 0.3) is 0 Å². The van der Waals surface area contributed by atoms with Crippen molar-refractivity contribution < 1.29 is 27.9 Å². The standard InChI is InChI=1S/C11H10F3NO3/c12-11(13,14)10(18)15-6-8-3-1-2-7(4-8)5-9(16)17/h1-4H,5-6H2,(H,15,18)(H,16,17). The summed E-state index contributed by atoms with van der Waals surface area (Å²) in [6, 6.07) is 6.00. The summed E-state index contributed by atoms with van der Waals surface area (Å²) in [5, 5.41) is 10.3. The number of aliphatic carboxylic acids is 1. The lowest BCUT2D eigenvalue weighted by atomic mass is 10.1. The fourth-order valence-corrected chi connectivity index (χ4v) is 1.31. The predicted octanol–water partition coefficient (Wildman–Crippen LogP) is 1.49. The largest absolute Gasteiger partial charge is 0.481 e. The average molecular weight is 261 g/mol. The maximum absolute atomic E-state index is 11.9. The normalized spacial score (nSPS) is 11.1. The number of carbonyl (C=O) groups is 2. The molecule has 1 amide bonds. The number of hydrogen-bond donors (Lipinski definition) is 2. The van der Waals surface area contributed by atoms with E-state index in [2.05, 4.69) is 0 Å². The van der Waals surface area contributed by atoms with Crippen LogP contribution in [0, 0.1) is 0 Å². The molecule has 0 aromatic heterocycles. The van der Waals surface area contributed by atoms with Gasteiger partial charge in [-0.2, -0.15) is 13.2 Å². The molecule has 0 fully saturated rings. The van der Waals surface area contributed by atoms with Gasteiger partial charge in [0.2, 0.25) is 0 Å². The van der Waals surface area contributed by atoms with Crippen molar-refractivity contribution in [1.82, 2.24) is 5.32 Å². The Labute approximate surface area is 100 Å². The summed E-state index contributed by atoms with van der Waals surface area (Å²) in [6.07, 6.45) is -5.14. The Morgan fingerprint density at radius 1 is 1.22 bits per heavy atom. The highest BCUT2D eigenvalue weighted by Gasteiger charge is 2.38. The number of alkyl halides is 3. The van der Waals surface area contributed by atoms with Crippen molar-refractivity contribution in [2.24, 2.45) is 0 Å². The van der Waals surface area contributed by atoms with Crippen LogP contribution in [0.5, 0.6) is 0 Å². The second kappa shape index (κ2) is 5.52. The second-order valence-corrected chi connectivity index (χ2v) is 3.57. The highest BCUT2D eigenvalue weighted by Crippen LogP contribution is 2.14. The molecule has 0 spiro atoms. The smallest absolute Gasteiger partial charge is 0.471 e. The lowest BCUT2D eigenvalue weighted by Crippen LogP contribution is -2.36. The predicted molar refractivity (Wildman–Crippen MR) is 55.7 cm³/mol. The van der Waals surface area contributed by atoms with Crippen LogP contribution in [0.4, 0.5) is 13.2 Å². The Morgan fingerprint density at radius 2 is 1.83 bits per heavy atom. The van der Waals surface area contributed by atoms with E-state index >= 15 is 0 Å². The maximum Gasteiger partial charge on any atom is 0.471 e. The molecule has 0 bridgehead atoms. The number of carboxylic acids is 1. The molecule has 7 heteroatoms. The van der Waals surface area contributed by atoms with Gasteiger partial charge in [-0.15, -0.1) is 0 Å². The zero-order valence-corrected chi connectivity index (χ0v) is 9.12. The van der Waals surface area contributed by atoms with Crippen LogP contribution >= 0.6 is 0 Å². The van der Waals surface area contributed by atoms with Crippen molar-refractivity contribution in [1.29, 1.82) is 0 Å². The van der Waals surface area contributed by atoms with Gasteiger partial charge in [0.1, 0.15) is 0 Å². The van der Waals surface area contributed by atoms with E-state index in [0.717, 1.165) is 0 Å². The molecule has 0 heterocycles. The highest BCUT2D eigenvalue weighted by molar-refractivity contribution is 5.81. The van der Waals surface area contributed by atoms with Crippen LogP contribution in [0.1, 0.15) is 11.1 Å². The number of carbonyl (C=O) groups excluding carboxylic acids is 1. The van der Waals surface area contributed by atoms with Crippen molar-refractivity contribution in [2.45, 2.75) is 19.1 Å². The number of hydrogen-bond acceptors (Lipinski definition) is 2. The Balaban J connectivity index is 2.63. The summed E-state index contributed by atoms with van der Waals surface area (Å²) >= 11 is 0. The van der Waals surface area contributed by atoms with E-state index < -0.39 is 18.1 Å². The molecule has 0 unspecified atom stereocenters. The molecule has 18 heavy (non-hydrogen) atoms. The lowest BCUT2D eigenvalue weighted by Gasteiger charge is -2.08. The van der Waals surface area contributed by atoms with Gasteiger partial charge in [-0.3, -0.25) is 9.59 Å². The first-order valence-corrected chi connectivity index (χ1v) is 4.93. The number of carboxylic acid groups (broad SMARTS) is 1. The molecule has 1 rings (SSSR count). The third-order valence-electron chi connectivity index (χ3n) is 2.06. The summed E-state index contributed by atoms with van der Waals surface area (Å²) in [7, 11) is 0. The van der Waals surface area contributed by atoms with Crippen LogP contribution < -0.4 is 5.32 Å². The minimum atomic E-state index is -4.92. The fourth-order valence-electron chi connectivity index (χ4n) is 1.31. The summed E-state index contributed by atoms with van der Waals surface area (Å²) in [4.78, 5) is 21.0. The lowest BCUT2D eigenvalue weighted by molar-refractivity contribution is -0.173. The first kappa shape index (κ1) is 14.0. The van der Waals surface area contributed by atoms with Crippen LogP contribution in [-0.4, -0.2) is 23.2 Å². The molecule has 0 aliphatic heterocycles. The molecular formula is C11H10F3NO3. The van der Waals surface area contributed by atoms with E-state index in [4.69, 9.17) is 5.11 Å². The van der Waals surface area contributed by atoms with Crippen molar-refractivity contribution in [3.8, 4) is 0 Å². The van der Waals surface area contributed by atoms with Crippen LogP contribution in [0.3, 0.4) is 0 Å². The molecule has 2 N–H and O–H groups in total. The number of rotatable bonds is 4.